The smallest absolute Gasteiger partial charge is 0.263 e. The molecule has 2 rings (SSSR count). The van der Waals surface area contributed by atoms with Crippen LogP contribution in [0.25, 0.3) is 0 Å². The number of sulfonamides is 1. The van der Waals surface area contributed by atoms with Crippen LogP contribution in [0.5, 0.6) is 0 Å². The second-order valence-electron chi connectivity index (χ2n) is 4.27. The molecule has 0 saturated heterocycles. The lowest BCUT2D eigenvalue weighted by atomic mass is 10.2. The summed E-state index contributed by atoms with van der Waals surface area (Å²) in [6, 6.07) is 5.07. The van der Waals surface area contributed by atoms with E-state index in [0.29, 0.717) is 5.56 Å². The number of nitrogen functional groups attached to an aromatic ring is 1. The molecule has 1 heterocycles. The number of nitrogens with zero attached hydrogens (tertiary/aromatic N) is 1. The average Bonchev–Trinajstić information content (AvgIpc) is 2.36. The molecule has 1 aromatic heterocycles. The zero-order valence-corrected chi connectivity index (χ0v) is 12.5. The van der Waals surface area contributed by atoms with Gasteiger partial charge in [0.2, 0.25) is 0 Å². The normalized spacial score (nSPS) is 11.2. The van der Waals surface area contributed by atoms with Crippen LogP contribution in [0.3, 0.4) is 0 Å². The van der Waals surface area contributed by atoms with Crippen molar-refractivity contribution in [3.8, 4) is 0 Å². The van der Waals surface area contributed by atoms with Crippen LogP contribution in [0.15, 0.2) is 35.4 Å². The Morgan fingerprint density at radius 2 is 2.00 bits per heavy atom. The van der Waals surface area contributed by atoms with Gasteiger partial charge in [0.15, 0.2) is 5.82 Å². The van der Waals surface area contributed by atoms with Crippen LogP contribution in [0.4, 0.5) is 15.9 Å². The minimum absolute atomic E-state index is 0.0517. The molecule has 21 heavy (non-hydrogen) atoms. The largest absolute Gasteiger partial charge is 0.307 e. The minimum Gasteiger partial charge on any atom is -0.307 e. The van der Waals surface area contributed by atoms with Gasteiger partial charge in [0.05, 0.1) is 10.7 Å². The van der Waals surface area contributed by atoms with Gasteiger partial charge in [-0.05, 0) is 36.8 Å². The highest BCUT2D eigenvalue weighted by Crippen LogP contribution is 2.24. The highest BCUT2D eigenvalue weighted by Gasteiger charge is 2.17. The maximum atomic E-state index is 13.3. The molecule has 2 aromatic rings. The van der Waals surface area contributed by atoms with Gasteiger partial charge in [-0.1, -0.05) is 11.6 Å². The molecule has 112 valence electrons. The summed E-state index contributed by atoms with van der Waals surface area (Å²) >= 11 is 5.83. The van der Waals surface area contributed by atoms with Crippen molar-refractivity contribution in [3.63, 3.8) is 0 Å². The Hall–Kier alpha value is -1.90. The quantitative estimate of drug-likeness (QED) is 0.590. The van der Waals surface area contributed by atoms with Crippen molar-refractivity contribution in [1.29, 1.82) is 0 Å². The number of aromatic nitrogens is 1. The average molecular weight is 331 g/mol. The van der Waals surface area contributed by atoms with E-state index in [-0.39, 0.29) is 21.4 Å². The number of pyridine rings is 1. The first-order valence-electron chi connectivity index (χ1n) is 5.74. The van der Waals surface area contributed by atoms with Crippen LogP contribution in [-0.4, -0.2) is 13.4 Å². The van der Waals surface area contributed by atoms with Gasteiger partial charge in [0.25, 0.3) is 10.0 Å². The fraction of sp³-hybridized carbons (Fsp3) is 0.0833. The number of hydrogen-bond donors (Lipinski definition) is 3. The molecule has 0 aliphatic rings. The van der Waals surface area contributed by atoms with Crippen LogP contribution < -0.4 is 16.0 Å². The Morgan fingerprint density at radius 1 is 1.29 bits per heavy atom. The Kier molecular flexibility index (Phi) is 4.31. The highest BCUT2D eigenvalue weighted by molar-refractivity contribution is 7.92. The molecule has 0 aliphatic carbocycles. The summed E-state index contributed by atoms with van der Waals surface area (Å²) in [6.45, 7) is 1.65. The molecule has 0 bridgehead atoms. The Labute approximate surface area is 126 Å². The Morgan fingerprint density at radius 3 is 2.57 bits per heavy atom. The number of nitrogens with two attached hydrogens (primary N) is 1. The SMILES string of the molecule is Cc1cc(F)cc(NS(=O)(=O)c2cnc(NN)c(Cl)c2)c1. The number of hydrazine groups is 1. The lowest BCUT2D eigenvalue weighted by molar-refractivity contribution is 0.600. The first kappa shape index (κ1) is 15.5. The number of anilines is 2. The number of rotatable bonds is 4. The van der Waals surface area contributed by atoms with Gasteiger partial charge in [0, 0.05) is 6.20 Å². The third-order valence-corrected chi connectivity index (χ3v) is 4.19. The molecular weight excluding hydrogens is 319 g/mol. The molecule has 6 nitrogen and oxygen atoms in total. The van der Waals surface area contributed by atoms with E-state index in [9.17, 15) is 12.8 Å². The van der Waals surface area contributed by atoms with E-state index in [4.69, 9.17) is 17.4 Å². The summed E-state index contributed by atoms with van der Waals surface area (Å²) in [5, 5.41) is 0.0517. The Balaban J connectivity index is 2.36. The van der Waals surface area contributed by atoms with Gasteiger partial charge in [0.1, 0.15) is 10.7 Å². The number of aryl methyl sites for hydroxylation is 1. The molecule has 0 unspecified atom stereocenters. The first-order valence-corrected chi connectivity index (χ1v) is 7.60. The molecule has 0 amide bonds. The number of halogens is 2. The molecule has 1 aromatic carbocycles. The fourth-order valence-electron chi connectivity index (χ4n) is 1.68. The molecule has 9 heteroatoms. The van der Waals surface area contributed by atoms with Gasteiger partial charge >= 0.3 is 0 Å². The second kappa shape index (κ2) is 5.84. The molecular formula is C12H12ClFN4O2S. The number of nitrogens with one attached hydrogen (secondary N) is 2. The van der Waals surface area contributed by atoms with Crippen LogP contribution in [-0.2, 0) is 10.0 Å². The van der Waals surface area contributed by atoms with E-state index >= 15 is 0 Å². The van der Waals surface area contributed by atoms with Gasteiger partial charge in [-0.15, -0.1) is 0 Å². The van der Waals surface area contributed by atoms with Crippen molar-refractivity contribution >= 4 is 33.1 Å². The van der Waals surface area contributed by atoms with E-state index in [2.05, 4.69) is 15.1 Å². The zero-order valence-electron chi connectivity index (χ0n) is 10.9. The topological polar surface area (TPSA) is 97.1 Å². The third kappa shape index (κ3) is 3.60. The molecule has 4 N–H and O–H groups in total. The van der Waals surface area contributed by atoms with Crippen LogP contribution in [0.1, 0.15) is 5.56 Å². The zero-order chi connectivity index (χ0) is 15.6. The molecule has 0 spiro atoms. The summed E-state index contributed by atoms with van der Waals surface area (Å²) < 4.78 is 39.9. The molecule has 0 radical (unpaired) electrons. The van der Waals surface area contributed by atoms with E-state index < -0.39 is 15.8 Å². The summed E-state index contributed by atoms with van der Waals surface area (Å²) in [5.74, 6) is 4.78. The Bertz CT molecular complexity index is 763. The van der Waals surface area contributed by atoms with Crippen molar-refractivity contribution in [2.24, 2.45) is 5.84 Å². The maximum absolute atomic E-state index is 13.3. The van der Waals surface area contributed by atoms with Crippen molar-refractivity contribution in [1.82, 2.24) is 4.98 Å². The first-order chi connectivity index (χ1) is 9.81. The number of hydrogen-bond acceptors (Lipinski definition) is 5. The fourth-order valence-corrected chi connectivity index (χ4v) is 2.98. The summed E-state index contributed by atoms with van der Waals surface area (Å²) in [7, 11) is -3.93. The predicted octanol–water partition coefficient (Wildman–Crippen LogP) is 2.27. The summed E-state index contributed by atoms with van der Waals surface area (Å²) in [4.78, 5) is 3.62. The van der Waals surface area contributed by atoms with E-state index in [0.717, 1.165) is 12.3 Å². The van der Waals surface area contributed by atoms with Crippen molar-refractivity contribution in [2.45, 2.75) is 11.8 Å². The van der Waals surface area contributed by atoms with Gasteiger partial charge < -0.3 is 5.43 Å². The van der Waals surface area contributed by atoms with E-state index in [1.165, 1.54) is 18.2 Å². The predicted molar refractivity (Wildman–Crippen MR) is 79.0 cm³/mol. The lowest BCUT2D eigenvalue weighted by Crippen LogP contribution is -2.15. The molecule has 0 fully saturated rings. The maximum Gasteiger partial charge on any atom is 0.263 e. The number of benzene rings is 1. The molecule has 0 atom stereocenters. The van der Waals surface area contributed by atoms with E-state index in [1.807, 2.05) is 0 Å². The minimum atomic E-state index is -3.93. The standard InChI is InChI=1S/C12H12ClFN4O2S/c1-7-2-8(14)4-9(3-7)18-21(19,20)10-5-11(13)12(17-15)16-6-10/h2-6,18H,15H2,1H3,(H,16,17). The second-order valence-corrected chi connectivity index (χ2v) is 6.36. The van der Waals surface area contributed by atoms with Crippen LogP contribution >= 0.6 is 11.6 Å². The molecule has 0 aliphatic heterocycles. The van der Waals surface area contributed by atoms with Crippen molar-refractivity contribution < 1.29 is 12.8 Å². The van der Waals surface area contributed by atoms with Gasteiger partial charge in [-0.25, -0.2) is 23.6 Å². The lowest BCUT2D eigenvalue weighted by Gasteiger charge is -2.10. The van der Waals surface area contributed by atoms with Crippen LogP contribution in [0, 0.1) is 12.7 Å². The van der Waals surface area contributed by atoms with Gasteiger partial charge in [-0.2, -0.15) is 0 Å². The highest BCUT2D eigenvalue weighted by atomic mass is 35.5. The van der Waals surface area contributed by atoms with Crippen molar-refractivity contribution in [2.75, 3.05) is 10.1 Å². The summed E-state index contributed by atoms with van der Waals surface area (Å²) in [5.41, 5.74) is 2.94. The summed E-state index contributed by atoms with van der Waals surface area (Å²) in [6.07, 6.45) is 1.09. The van der Waals surface area contributed by atoms with Gasteiger partial charge in [-0.3, -0.25) is 4.72 Å². The third-order valence-electron chi connectivity index (χ3n) is 2.56. The van der Waals surface area contributed by atoms with E-state index in [1.54, 1.807) is 6.92 Å². The monoisotopic (exact) mass is 330 g/mol. The molecule has 0 saturated carbocycles. The van der Waals surface area contributed by atoms with Crippen molar-refractivity contribution in [3.05, 3.63) is 46.9 Å². The van der Waals surface area contributed by atoms with Crippen LogP contribution in [0.2, 0.25) is 5.02 Å².